The number of hydrogen-bond donors (Lipinski definition) is 2. The van der Waals surface area contributed by atoms with Crippen molar-refractivity contribution in [1.29, 1.82) is 0 Å². The number of hydrogen-bond acceptors (Lipinski definition) is 3. The average Bonchev–Trinajstić information content (AvgIpc) is 2.13. The Morgan fingerprint density at radius 2 is 2.00 bits per heavy atom. The van der Waals surface area contributed by atoms with Crippen LogP contribution in [0.2, 0.25) is 0 Å². The van der Waals surface area contributed by atoms with E-state index in [9.17, 15) is 4.79 Å². The Kier molecular flexibility index (Phi) is 7.34. The second-order valence-corrected chi connectivity index (χ2v) is 4.42. The molecule has 4 heteroatoms. The smallest absolute Gasteiger partial charge is 0.303 e. The predicted octanol–water partition coefficient (Wildman–Crippen LogP) is 1.49. The van der Waals surface area contributed by atoms with Crippen molar-refractivity contribution in [1.82, 2.24) is 0 Å². The highest BCUT2D eigenvalue weighted by atomic mass is 16.5. The Morgan fingerprint density at radius 3 is 2.40 bits per heavy atom. The van der Waals surface area contributed by atoms with Crippen LogP contribution in [-0.2, 0) is 9.53 Å². The maximum absolute atomic E-state index is 10.5. The molecular weight excluding hydrogens is 194 g/mol. The van der Waals surface area contributed by atoms with Crippen molar-refractivity contribution in [2.24, 2.45) is 17.6 Å². The quantitative estimate of drug-likeness (QED) is 0.646. The van der Waals surface area contributed by atoms with E-state index in [1.165, 1.54) is 0 Å². The van der Waals surface area contributed by atoms with Gasteiger partial charge in [0.25, 0.3) is 0 Å². The summed E-state index contributed by atoms with van der Waals surface area (Å²) in [5, 5.41) is 8.66. The summed E-state index contributed by atoms with van der Waals surface area (Å²) in [6.45, 7) is 7.15. The van der Waals surface area contributed by atoms with Gasteiger partial charge in [0, 0.05) is 13.0 Å². The first-order valence-electron chi connectivity index (χ1n) is 5.49. The van der Waals surface area contributed by atoms with E-state index in [2.05, 4.69) is 6.92 Å². The largest absolute Gasteiger partial charge is 0.481 e. The fourth-order valence-electron chi connectivity index (χ4n) is 1.50. The van der Waals surface area contributed by atoms with Crippen LogP contribution >= 0.6 is 0 Å². The van der Waals surface area contributed by atoms with Crippen molar-refractivity contribution >= 4 is 5.97 Å². The highest BCUT2D eigenvalue weighted by Crippen LogP contribution is 2.15. The molecule has 0 aromatic heterocycles. The molecule has 0 spiro atoms. The lowest BCUT2D eigenvalue weighted by atomic mass is 9.93. The summed E-state index contributed by atoms with van der Waals surface area (Å²) in [6, 6.07) is 0. The van der Waals surface area contributed by atoms with Crippen molar-refractivity contribution in [2.75, 3.05) is 13.2 Å². The Balaban J connectivity index is 3.79. The minimum absolute atomic E-state index is 0.0632. The first-order chi connectivity index (χ1) is 6.95. The molecule has 0 saturated carbocycles. The summed E-state index contributed by atoms with van der Waals surface area (Å²) in [4.78, 5) is 10.5. The van der Waals surface area contributed by atoms with Crippen molar-refractivity contribution in [3.05, 3.63) is 0 Å². The van der Waals surface area contributed by atoms with Gasteiger partial charge in [-0.2, -0.15) is 0 Å². The average molecular weight is 217 g/mol. The minimum atomic E-state index is -0.776. The molecule has 0 aromatic rings. The maximum Gasteiger partial charge on any atom is 0.303 e. The second-order valence-electron chi connectivity index (χ2n) is 4.42. The van der Waals surface area contributed by atoms with Crippen LogP contribution in [0.1, 0.15) is 33.6 Å². The van der Waals surface area contributed by atoms with Crippen LogP contribution in [-0.4, -0.2) is 30.3 Å². The molecule has 90 valence electrons. The van der Waals surface area contributed by atoms with Crippen molar-refractivity contribution in [2.45, 2.75) is 39.7 Å². The maximum atomic E-state index is 10.5. The third kappa shape index (κ3) is 8.39. The van der Waals surface area contributed by atoms with Gasteiger partial charge in [-0.3, -0.25) is 4.79 Å². The van der Waals surface area contributed by atoms with Crippen LogP contribution in [0, 0.1) is 11.8 Å². The zero-order valence-electron chi connectivity index (χ0n) is 9.90. The predicted molar refractivity (Wildman–Crippen MR) is 59.7 cm³/mol. The van der Waals surface area contributed by atoms with Crippen LogP contribution in [0.25, 0.3) is 0 Å². The van der Waals surface area contributed by atoms with E-state index in [1.807, 2.05) is 13.8 Å². The normalized spacial score (nSPS) is 15.3. The number of carboxylic acid groups (broad SMARTS) is 1. The fourth-order valence-corrected chi connectivity index (χ4v) is 1.50. The SMILES string of the molecule is CC(COC(C)C)CC(CN)CC(=O)O. The van der Waals surface area contributed by atoms with E-state index >= 15 is 0 Å². The number of nitrogens with two attached hydrogens (primary N) is 1. The molecule has 15 heavy (non-hydrogen) atoms. The molecule has 3 N–H and O–H groups in total. The lowest BCUT2D eigenvalue weighted by Gasteiger charge is -2.19. The van der Waals surface area contributed by atoms with Crippen molar-refractivity contribution in [3.63, 3.8) is 0 Å². The Labute approximate surface area is 91.8 Å². The monoisotopic (exact) mass is 217 g/mol. The minimum Gasteiger partial charge on any atom is -0.481 e. The summed E-state index contributed by atoms with van der Waals surface area (Å²) in [7, 11) is 0. The van der Waals surface area contributed by atoms with E-state index in [-0.39, 0.29) is 18.4 Å². The number of carbonyl (C=O) groups is 1. The first kappa shape index (κ1) is 14.4. The van der Waals surface area contributed by atoms with Gasteiger partial charge in [-0.25, -0.2) is 0 Å². The molecule has 0 aliphatic carbocycles. The lowest BCUT2D eigenvalue weighted by molar-refractivity contribution is -0.138. The summed E-state index contributed by atoms with van der Waals surface area (Å²) in [6.07, 6.45) is 1.20. The Hall–Kier alpha value is -0.610. The van der Waals surface area contributed by atoms with Gasteiger partial charge in [0.2, 0.25) is 0 Å². The zero-order chi connectivity index (χ0) is 11.8. The van der Waals surface area contributed by atoms with Crippen molar-refractivity contribution in [3.8, 4) is 0 Å². The summed E-state index contributed by atoms with van der Waals surface area (Å²) in [5.41, 5.74) is 5.52. The standard InChI is InChI=1S/C11H23NO3/c1-8(2)15-7-9(3)4-10(6-12)5-11(13)14/h8-10H,4-7,12H2,1-3H3,(H,13,14). The molecule has 0 radical (unpaired) electrons. The molecule has 0 aliphatic rings. The van der Waals surface area contributed by atoms with E-state index < -0.39 is 5.97 Å². The molecule has 0 bridgehead atoms. The van der Waals surface area contributed by atoms with E-state index in [0.29, 0.717) is 19.1 Å². The molecular formula is C11H23NO3. The molecule has 0 amide bonds. The number of carboxylic acids is 1. The van der Waals surface area contributed by atoms with Crippen molar-refractivity contribution < 1.29 is 14.6 Å². The zero-order valence-corrected chi connectivity index (χ0v) is 9.90. The van der Waals surface area contributed by atoms with Gasteiger partial charge in [0.1, 0.15) is 0 Å². The van der Waals surface area contributed by atoms with Gasteiger partial charge in [0.05, 0.1) is 6.10 Å². The van der Waals surface area contributed by atoms with Gasteiger partial charge < -0.3 is 15.6 Å². The molecule has 0 aromatic carbocycles. The lowest BCUT2D eigenvalue weighted by Crippen LogP contribution is -2.22. The van der Waals surface area contributed by atoms with E-state index in [1.54, 1.807) is 0 Å². The molecule has 0 aliphatic heterocycles. The first-order valence-corrected chi connectivity index (χ1v) is 5.49. The summed E-state index contributed by atoms with van der Waals surface area (Å²) in [5.74, 6) is -0.351. The van der Waals surface area contributed by atoms with Crippen LogP contribution < -0.4 is 5.73 Å². The third-order valence-corrected chi connectivity index (χ3v) is 2.25. The van der Waals surface area contributed by atoms with Gasteiger partial charge in [-0.05, 0) is 38.6 Å². The number of ether oxygens (including phenoxy) is 1. The van der Waals surface area contributed by atoms with Crippen LogP contribution in [0.4, 0.5) is 0 Å². The Bertz CT molecular complexity index is 183. The van der Waals surface area contributed by atoms with E-state index in [0.717, 1.165) is 6.42 Å². The summed E-state index contributed by atoms with van der Waals surface area (Å²) < 4.78 is 5.47. The van der Waals surface area contributed by atoms with Gasteiger partial charge in [-0.1, -0.05) is 6.92 Å². The molecule has 2 unspecified atom stereocenters. The second kappa shape index (κ2) is 7.65. The Morgan fingerprint density at radius 1 is 1.40 bits per heavy atom. The molecule has 0 heterocycles. The highest BCUT2D eigenvalue weighted by Gasteiger charge is 2.15. The van der Waals surface area contributed by atoms with Crippen LogP contribution in [0.3, 0.4) is 0 Å². The molecule has 0 rings (SSSR count). The number of aliphatic carboxylic acids is 1. The molecule has 4 nitrogen and oxygen atoms in total. The molecule has 0 saturated heterocycles. The van der Waals surface area contributed by atoms with Crippen LogP contribution in [0.15, 0.2) is 0 Å². The van der Waals surface area contributed by atoms with Gasteiger partial charge in [0.15, 0.2) is 0 Å². The number of rotatable bonds is 8. The van der Waals surface area contributed by atoms with E-state index in [4.69, 9.17) is 15.6 Å². The molecule has 0 fully saturated rings. The highest BCUT2D eigenvalue weighted by molar-refractivity contribution is 5.67. The van der Waals surface area contributed by atoms with Crippen LogP contribution in [0.5, 0.6) is 0 Å². The van der Waals surface area contributed by atoms with Gasteiger partial charge in [-0.15, -0.1) is 0 Å². The van der Waals surface area contributed by atoms with Gasteiger partial charge >= 0.3 is 5.97 Å². The third-order valence-electron chi connectivity index (χ3n) is 2.25. The molecule has 2 atom stereocenters. The fraction of sp³-hybridized carbons (Fsp3) is 0.909. The summed E-state index contributed by atoms with van der Waals surface area (Å²) >= 11 is 0. The topological polar surface area (TPSA) is 72.5 Å².